The van der Waals surface area contributed by atoms with Crippen LogP contribution in [-0.2, 0) is 15.0 Å². The van der Waals surface area contributed by atoms with Gasteiger partial charge in [0.05, 0.1) is 12.0 Å². The smallest absolute Gasteiger partial charge is 0.281 e. The lowest BCUT2D eigenvalue weighted by Crippen LogP contribution is -2.49. The molecule has 0 bridgehead atoms. The summed E-state index contributed by atoms with van der Waals surface area (Å²) in [6, 6.07) is 8.34. The van der Waals surface area contributed by atoms with Crippen molar-refractivity contribution < 1.29 is 13.2 Å². The molecule has 0 radical (unpaired) electrons. The molecule has 3 rings (SSSR count). The molecule has 7 nitrogen and oxygen atoms in total. The Bertz CT molecular complexity index is 825. The minimum atomic E-state index is -3.48. The third kappa shape index (κ3) is 5.34. The second-order valence-corrected chi connectivity index (χ2v) is 11.1. The van der Waals surface area contributed by atoms with Crippen LogP contribution in [0.1, 0.15) is 51.1 Å². The number of rotatable bonds is 6. The number of benzene rings is 1. The first-order valence-electron chi connectivity index (χ1n) is 11.0. The second kappa shape index (κ2) is 9.66. The van der Waals surface area contributed by atoms with Crippen LogP contribution in [0.4, 0.5) is 5.69 Å². The van der Waals surface area contributed by atoms with E-state index in [0.29, 0.717) is 19.4 Å². The van der Waals surface area contributed by atoms with Gasteiger partial charge in [0.15, 0.2) is 0 Å². The van der Waals surface area contributed by atoms with Crippen molar-refractivity contribution in [2.24, 2.45) is 11.8 Å². The van der Waals surface area contributed by atoms with Gasteiger partial charge in [0.2, 0.25) is 5.91 Å². The van der Waals surface area contributed by atoms with Crippen LogP contribution >= 0.6 is 0 Å². The molecule has 3 atom stereocenters. The van der Waals surface area contributed by atoms with E-state index in [-0.39, 0.29) is 24.4 Å². The van der Waals surface area contributed by atoms with Crippen molar-refractivity contribution in [3.63, 3.8) is 0 Å². The van der Waals surface area contributed by atoms with Gasteiger partial charge in [0.1, 0.15) is 0 Å². The number of anilines is 1. The molecule has 0 unspecified atom stereocenters. The first-order chi connectivity index (χ1) is 14.2. The van der Waals surface area contributed by atoms with Gasteiger partial charge in [-0.25, -0.2) is 0 Å². The molecule has 2 saturated heterocycles. The molecule has 0 spiro atoms. The van der Waals surface area contributed by atoms with Crippen LogP contribution in [0.25, 0.3) is 0 Å². The Morgan fingerprint density at radius 2 is 1.77 bits per heavy atom. The summed E-state index contributed by atoms with van der Waals surface area (Å²) < 4.78 is 27.4. The molecule has 1 aromatic rings. The quantitative estimate of drug-likeness (QED) is 0.744. The van der Waals surface area contributed by atoms with Crippen LogP contribution in [-0.4, -0.2) is 63.2 Å². The van der Waals surface area contributed by atoms with Crippen LogP contribution in [0, 0.1) is 11.8 Å². The van der Waals surface area contributed by atoms with E-state index in [2.05, 4.69) is 41.4 Å². The number of piperidine rings is 2. The topological polar surface area (TPSA) is 73.0 Å². The minimum absolute atomic E-state index is 0.0740. The lowest BCUT2D eigenvalue weighted by Gasteiger charge is -2.33. The van der Waals surface area contributed by atoms with Gasteiger partial charge in [-0.05, 0) is 56.2 Å². The highest BCUT2D eigenvalue weighted by molar-refractivity contribution is 7.86. The monoisotopic (exact) mass is 436 g/mol. The Balaban J connectivity index is 1.58. The van der Waals surface area contributed by atoms with Crippen LogP contribution < -0.4 is 10.2 Å². The summed E-state index contributed by atoms with van der Waals surface area (Å²) in [5, 5.41) is 3.09. The zero-order valence-electron chi connectivity index (χ0n) is 18.7. The predicted octanol–water partition coefficient (Wildman–Crippen LogP) is 2.62. The van der Waals surface area contributed by atoms with Crippen LogP contribution in [0.2, 0.25) is 0 Å². The van der Waals surface area contributed by atoms with E-state index in [1.54, 1.807) is 0 Å². The van der Waals surface area contributed by atoms with E-state index >= 15 is 0 Å². The number of nitrogens with zero attached hydrogens (tertiary/aromatic N) is 3. The van der Waals surface area contributed by atoms with Crippen LogP contribution in [0.5, 0.6) is 0 Å². The molecule has 168 valence electrons. The van der Waals surface area contributed by atoms with Crippen molar-refractivity contribution in [1.82, 2.24) is 13.9 Å². The number of hydrogen-bond acceptors (Lipinski definition) is 4. The zero-order chi connectivity index (χ0) is 21.9. The van der Waals surface area contributed by atoms with Gasteiger partial charge in [-0.2, -0.15) is 17.0 Å². The number of amides is 1. The highest BCUT2D eigenvalue weighted by atomic mass is 32.2. The van der Waals surface area contributed by atoms with Crippen molar-refractivity contribution in [3.05, 3.63) is 29.8 Å². The molecule has 30 heavy (non-hydrogen) atoms. The largest absolute Gasteiger partial charge is 0.371 e. The zero-order valence-corrected chi connectivity index (χ0v) is 19.5. The fourth-order valence-corrected chi connectivity index (χ4v) is 5.60. The Morgan fingerprint density at radius 1 is 1.10 bits per heavy atom. The molecule has 1 amide bonds. The maximum atomic E-state index is 12.8. The van der Waals surface area contributed by atoms with Crippen molar-refractivity contribution >= 4 is 21.8 Å². The first-order valence-corrected chi connectivity index (χ1v) is 12.4. The van der Waals surface area contributed by atoms with Gasteiger partial charge < -0.3 is 10.2 Å². The summed E-state index contributed by atoms with van der Waals surface area (Å²) in [4.78, 5) is 15.3. The summed E-state index contributed by atoms with van der Waals surface area (Å²) in [7, 11) is -0.438. The average Bonchev–Trinajstić information content (AvgIpc) is 2.73. The minimum Gasteiger partial charge on any atom is -0.371 e. The Labute approximate surface area is 181 Å². The lowest BCUT2D eigenvalue weighted by atomic mass is 9.97. The van der Waals surface area contributed by atoms with E-state index in [9.17, 15) is 13.2 Å². The fraction of sp³-hybridized carbons (Fsp3) is 0.682. The van der Waals surface area contributed by atoms with Gasteiger partial charge in [0, 0.05) is 46.0 Å². The third-order valence-corrected chi connectivity index (χ3v) is 8.22. The van der Waals surface area contributed by atoms with Gasteiger partial charge in [-0.15, -0.1) is 0 Å². The Hall–Kier alpha value is -1.64. The normalized spacial score (nSPS) is 24.6. The molecule has 0 saturated carbocycles. The van der Waals surface area contributed by atoms with Gasteiger partial charge in [-0.1, -0.05) is 19.1 Å². The lowest BCUT2D eigenvalue weighted by molar-refractivity contribution is -0.126. The molecule has 2 heterocycles. The SMILES string of the molecule is C[C@@H]1CCCN(c2ccc([C@H](C)NC(=O)[C@H]3CCCN(S(=O)(=O)N(C)C)C3)cc2)C1. The molecule has 1 aromatic carbocycles. The number of carbonyl (C=O) groups excluding carboxylic acids is 1. The number of hydrogen-bond donors (Lipinski definition) is 1. The van der Waals surface area contributed by atoms with E-state index < -0.39 is 10.2 Å². The maximum absolute atomic E-state index is 12.8. The van der Waals surface area contributed by atoms with Crippen LogP contribution in [0.15, 0.2) is 24.3 Å². The Morgan fingerprint density at radius 3 is 2.40 bits per heavy atom. The summed E-state index contributed by atoms with van der Waals surface area (Å²) in [6.07, 6.45) is 3.94. The number of nitrogens with one attached hydrogen (secondary N) is 1. The van der Waals surface area contributed by atoms with E-state index in [1.165, 1.54) is 41.2 Å². The van der Waals surface area contributed by atoms with Crippen molar-refractivity contribution in [1.29, 1.82) is 0 Å². The first kappa shape index (κ1) is 23.0. The Kier molecular flexibility index (Phi) is 7.42. The van der Waals surface area contributed by atoms with Gasteiger partial charge >= 0.3 is 0 Å². The standard InChI is InChI=1S/C22H36N4O3S/c1-17-7-5-13-25(15-17)21-11-9-19(10-12-21)18(2)23-22(27)20-8-6-14-26(16-20)30(28,29)24(3)4/h9-12,17-18,20H,5-8,13-16H2,1-4H3,(H,23,27)/t17-,18+,20+/m1/s1. The molecule has 1 N–H and O–H groups in total. The molecule has 2 aliphatic heterocycles. The van der Waals surface area contributed by atoms with Gasteiger partial charge in [0.25, 0.3) is 10.2 Å². The second-order valence-electron chi connectivity index (χ2n) is 9.00. The number of carbonyl (C=O) groups is 1. The van der Waals surface area contributed by atoms with Gasteiger partial charge in [-0.3, -0.25) is 4.79 Å². The molecule has 0 aromatic heterocycles. The highest BCUT2D eigenvalue weighted by Gasteiger charge is 2.33. The summed E-state index contributed by atoms with van der Waals surface area (Å²) in [6.45, 7) is 7.19. The highest BCUT2D eigenvalue weighted by Crippen LogP contribution is 2.25. The summed E-state index contributed by atoms with van der Waals surface area (Å²) >= 11 is 0. The van der Waals surface area contributed by atoms with E-state index in [4.69, 9.17) is 0 Å². The molecule has 2 fully saturated rings. The summed E-state index contributed by atoms with van der Waals surface area (Å²) in [5.74, 6) is 0.336. The van der Waals surface area contributed by atoms with Crippen molar-refractivity contribution in [3.8, 4) is 0 Å². The van der Waals surface area contributed by atoms with E-state index in [0.717, 1.165) is 24.6 Å². The molecular formula is C22H36N4O3S. The van der Waals surface area contributed by atoms with Crippen molar-refractivity contribution in [2.75, 3.05) is 45.2 Å². The molecule has 8 heteroatoms. The fourth-order valence-electron chi connectivity index (χ4n) is 4.41. The summed E-state index contributed by atoms with van der Waals surface area (Å²) in [5.41, 5.74) is 2.30. The molecular weight excluding hydrogens is 400 g/mol. The molecule has 0 aliphatic carbocycles. The predicted molar refractivity (Wildman–Crippen MR) is 121 cm³/mol. The van der Waals surface area contributed by atoms with E-state index in [1.807, 2.05) is 6.92 Å². The third-order valence-electron chi connectivity index (χ3n) is 6.32. The van der Waals surface area contributed by atoms with Crippen molar-refractivity contribution in [2.45, 2.75) is 45.6 Å². The van der Waals surface area contributed by atoms with Crippen LogP contribution in [0.3, 0.4) is 0 Å². The molecule has 2 aliphatic rings. The average molecular weight is 437 g/mol. The maximum Gasteiger partial charge on any atom is 0.281 e.